The Morgan fingerprint density at radius 3 is 2.52 bits per heavy atom. The van der Waals surface area contributed by atoms with E-state index in [-0.39, 0.29) is 6.04 Å². The van der Waals surface area contributed by atoms with Crippen LogP contribution >= 0.6 is 27.5 Å². The molecule has 0 aliphatic carbocycles. The first kappa shape index (κ1) is 16.0. The molecule has 0 saturated heterocycles. The highest BCUT2D eigenvalue weighted by Gasteiger charge is 2.08. The predicted octanol–water partition coefficient (Wildman–Crippen LogP) is 4.05. The molecule has 3 nitrogen and oxygen atoms in total. The van der Waals surface area contributed by atoms with Crippen molar-refractivity contribution in [1.82, 2.24) is 5.32 Å². The third-order valence-electron chi connectivity index (χ3n) is 3.31. The molecule has 0 fully saturated rings. The first-order valence-corrected chi connectivity index (χ1v) is 7.71. The minimum absolute atomic E-state index is 0.199. The Morgan fingerprint density at radius 1 is 1.29 bits per heavy atom. The molecule has 3 N–H and O–H groups in total. The van der Waals surface area contributed by atoms with Crippen molar-refractivity contribution in [3.63, 3.8) is 0 Å². The Hall–Kier alpha value is -1.36. The number of benzene rings is 2. The molecule has 110 valence electrons. The summed E-state index contributed by atoms with van der Waals surface area (Å²) in [7, 11) is 0. The molecule has 5 heteroatoms. The summed E-state index contributed by atoms with van der Waals surface area (Å²) in [5.74, 6) is -0.473. The number of nitrogens with two attached hydrogens (primary N) is 1. The minimum Gasteiger partial charge on any atom is -0.366 e. The molecule has 1 atom stereocenters. The van der Waals surface area contributed by atoms with Crippen molar-refractivity contribution in [3.05, 3.63) is 68.7 Å². The van der Waals surface area contributed by atoms with Gasteiger partial charge in [0.25, 0.3) is 0 Å². The second-order valence-electron chi connectivity index (χ2n) is 4.82. The van der Waals surface area contributed by atoms with E-state index in [1.165, 1.54) is 5.56 Å². The monoisotopic (exact) mass is 366 g/mol. The Morgan fingerprint density at radius 2 is 1.95 bits per heavy atom. The quantitative estimate of drug-likeness (QED) is 0.837. The fourth-order valence-electron chi connectivity index (χ4n) is 1.98. The lowest BCUT2D eigenvalue weighted by atomic mass is 10.1. The van der Waals surface area contributed by atoms with Gasteiger partial charge in [-0.05, 0) is 42.3 Å². The Bertz CT molecular complexity index is 643. The lowest BCUT2D eigenvalue weighted by Gasteiger charge is -2.15. The summed E-state index contributed by atoms with van der Waals surface area (Å²) in [4.78, 5) is 11.1. The fourth-order valence-corrected chi connectivity index (χ4v) is 2.49. The molecule has 0 aliphatic heterocycles. The topological polar surface area (TPSA) is 55.1 Å². The first-order chi connectivity index (χ1) is 9.97. The average Bonchev–Trinajstić information content (AvgIpc) is 2.46. The number of carbonyl (C=O) groups excluding carboxylic acids is 1. The minimum atomic E-state index is -0.473. The van der Waals surface area contributed by atoms with E-state index in [4.69, 9.17) is 17.3 Å². The molecule has 0 spiro atoms. The van der Waals surface area contributed by atoms with Crippen molar-refractivity contribution in [2.75, 3.05) is 0 Å². The van der Waals surface area contributed by atoms with Gasteiger partial charge in [-0.2, -0.15) is 0 Å². The number of primary amides is 1. The Labute approximate surface area is 137 Å². The van der Waals surface area contributed by atoms with Gasteiger partial charge in [-0.1, -0.05) is 45.7 Å². The van der Waals surface area contributed by atoms with E-state index in [1.54, 1.807) is 12.1 Å². The Balaban J connectivity index is 2.02. The van der Waals surface area contributed by atoms with Gasteiger partial charge in [-0.3, -0.25) is 4.79 Å². The van der Waals surface area contributed by atoms with Gasteiger partial charge < -0.3 is 11.1 Å². The van der Waals surface area contributed by atoms with E-state index >= 15 is 0 Å². The lowest BCUT2D eigenvalue weighted by Crippen LogP contribution is -2.18. The molecule has 2 aromatic carbocycles. The van der Waals surface area contributed by atoms with E-state index in [9.17, 15) is 4.79 Å². The summed E-state index contributed by atoms with van der Waals surface area (Å²) in [6.45, 7) is 2.71. The number of hydrogen-bond acceptors (Lipinski definition) is 2. The zero-order chi connectivity index (χ0) is 15.4. The van der Waals surface area contributed by atoms with Gasteiger partial charge in [-0.25, -0.2) is 0 Å². The van der Waals surface area contributed by atoms with Crippen molar-refractivity contribution in [2.45, 2.75) is 19.5 Å². The van der Waals surface area contributed by atoms with Gasteiger partial charge >= 0.3 is 0 Å². The molecule has 21 heavy (non-hydrogen) atoms. The zero-order valence-electron chi connectivity index (χ0n) is 11.6. The molecule has 0 aliphatic rings. The summed E-state index contributed by atoms with van der Waals surface area (Å²) in [6.07, 6.45) is 0. The zero-order valence-corrected chi connectivity index (χ0v) is 13.9. The van der Waals surface area contributed by atoms with Gasteiger partial charge in [-0.15, -0.1) is 0 Å². The predicted molar refractivity (Wildman–Crippen MR) is 89.4 cm³/mol. The van der Waals surface area contributed by atoms with Gasteiger partial charge in [0.2, 0.25) is 5.91 Å². The first-order valence-electron chi connectivity index (χ1n) is 6.54. The van der Waals surface area contributed by atoms with Crippen LogP contribution < -0.4 is 11.1 Å². The third kappa shape index (κ3) is 4.30. The van der Waals surface area contributed by atoms with Crippen molar-refractivity contribution in [1.29, 1.82) is 0 Å². The van der Waals surface area contributed by atoms with Crippen LogP contribution in [0.5, 0.6) is 0 Å². The van der Waals surface area contributed by atoms with Crippen molar-refractivity contribution in [2.24, 2.45) is 5.73 Å². The second-order valence-corrected chi connectivity index (χ2v) is 6.15. The fraction of sp³-hybridized carbons (Fsp3) is 0.188. The molecule has 0 aromatic heterocycles. The van der Waals surface area contributed by atoms with Crippen molar-refractivity contribution < 1.29 is 4.79 Å². The van der Waals surface area contributed by atoms with Crippen molar-refractivity contribution in [3.8, 4) is 0 Å². The van der Waals surface area contributed by atoms with Crippen LogP contribution in [0.25, 0.3) is 0 Å². The molecular formula is C16H16BrClN2O. The summed E-state index contributed by atoms with van der Waals surface area (Å²) in [5.41, 5.74) is 7.78. The molecule has 2 rings (SSSR count). The average molecular weight is 368 g/mol. The van der Waals surface area contributed by atoms with Crippen LogP contribution in [0.2, 0.25) is 5.02 Å². The second kappa shape index (κ2) is 7.07. The summed E-state index contributed by atoms with van der Waals surface area (Å²) >= 11 is 9.59. The standard InChI is InChI=1S/C16H16BrClN2O/c1-10(11-4-6-14(17)7-5-11)20-9-13-3-2-12(16(19)21)8-15(13)18/h2-8,10,20H,9H2,1H3,(H2,19,21)/t10-/m1/s1. The van der Waals surface area contributed by atoms with E-state index in [1.807, 2.05) is 18.2 Å². The van der Waals surface area contributed by atoms with Crippen LogP contribution in [0.3, 0.4) is 0 Å². The summed E-state index contributed by atoms with van der Waals surface area (Å²) in [5, 5.41) is 3.95. The van der Waals surface area contributed by atoms with Crippen LogP contribution in [-0.2, 0) is 6.54 Å². The molecule has 1 amide bonds. The largest absolute Gasteiger partial charge is 0.366 e. The van der Waals surface area contributed by atoms with Crippen LogP contribution in [0.15, 0.2) is 46.9 Å². The highest BCUT2D eigenvalue weighted by atomic mass is 79.9. The molecular weight excluding hydrogens is 352 g/mol. The molecule has 0 heterocycles. The number of amides is 1. The van der Waals surface area contributed by atoms with E-state index in [0.717, 1.165) is 10.0 Å². The number of rotatable bonds is 5. The number of hydrogen-bond donors (Lipinski definition) is 2. The third-order valence-corrected chi connectivity index (χ3v) is 4.19. The molecule has 0 radical (unpaired) electrons. The maximum absolute atomic E-state index is 11.1. The number of halogens is 2. The highest BCUT2D eigenvalue weighted by molar-refractivity contribution is 9.10. The van der Waals surface area contributed by atoms with Crippen LogP contribution in [-0.4, -0.2) is 5.91 Å². The smallest absolute Gasteiger partial charge is 0.248 e. The maximum Gasteiger partial charge on any atom is 0.248 e. The van der Waals surface area contributed by atoms with Gasteiger partial charge in [0.05, 0.1) is 0 Å². The molecule has 2 aromatic rings. The molecule has 0 unspecified atom stereocenters. The van der Waals surface area contributed by atoms with Crippen LogP contribution in [0.1, 0.15) is 34.5 Å². The van der Waals surface area contributed by atoms with Crippen molar-refractivity contribution >= 4 is 33.4 Å². The van der Waals surface area contributed by atoms with E-state index in [0.29, 0.717) is 17.1 Å². The summed E-state index contributed by atoms with van der Waals surface area (Å²) < 4.78 is 1.06. The van der Waals surface area contributed by atoms with Gasteiger partial charge in [0, 0.05) is 27.6 Å². The highest BCUT2D eigenvalue weighted by Crippen LogP contribution is 2.20. The van der Waals surface area contributed by atoms with Crippen LogP contribution in [0, 0.1) is 0 Å². The number of carbonyl (C=O) groups is 1. The maximum atomic E-state index is 11.1. The number of nitrogens with one attached hydrogen (secondary N) is 1. The van der Waals surface area contributed by atoms with E-state index < -0.39 is 5.91 Å². The SMILES string of the molecule is C[C@@H](NCc1ccc(C(N)=O)cc1Cl)c1ccc(Br)cc1. The normalized spacial score (nSPS) is 12.1. The molecule has 0 saturated carbocycles. The van der Waals surface area contributed by atoms with Crippen LogP contribution in [0.4, 0.5) is 0 Å². The lowest BCUT2D eigenvalue weighted by molar-refractivity contribution is 0.100. The Kier molecular flexibility index (Phi) is 5.39. The van der Waals surface area contributed by atoms with Gasteiger partial charge in [0.1, 0.15) is 0 Å². The summed E-state index contributed by atoms with van der Waals surface area (Å²) in [6, 6.07) is 13.5. The van der Waals surface area contributed by atoms with E-state index in [2.05, 4.69) is 40.3 Å². The molecule has 0 bridgehead atoms. The van der Waals surface area contributed by atoms with Gasteiger partial charge in [0.15, 0.2) is 0 Å².